The van der Waals surface area contributed by atoms with Gasteiger partial charge in [-0.05, 0) is 29.7 Å². The average molecular weight is 435 g/mol. The number of ether oxygens (including phenoxy) is 1. The molecule has 2 N–H and O–H groups in total. The van der Waals surface area contributed by atoms with E-state index < -0.39 is 24.8 Å². The summed E-state index contributed by atoms with van der Waals surface area (Å²) < 4.78 is 43.3. The van der Waals surface area contributed by atoms with Crippen molar-refractivity contribution in [2.45, 2.75) is 12.1 Å². The van der Waals surface area contributed by atoms with E-state index in [9.17, 15) is 18.1 Å². The molecule has 0 aliphatic rings. The molecule has 0 aliphatic heterocycles. The third-order valence-corrected chi connectivity index (χ3v) is 5.17. The van der Waals surface area contributed by atoms with Crippen molar-refractivity contribution in [2.75, 3.05) is 7.11 Å². The fraction of sp³-hybridized carbons (Fsp3) is 0.188. The second-order valence-corrected chi connectivity index (χ2v) is 7.73. The van der Waals surface area contributed by atoms with Crippen molar-refractivity contribution in [3.63, 3.8) is 0 Å². The highest BCUT2D eigenvalue weighted by atomic mass is 79.9. The zero-order valence-electron chi connectivity index (χ0n) is 12.9. The number of methoxy groups -OCH3 is 1. The van der Waals surface area contributed by atoms with Crippen LogP contribution in [0, 0.1) is 0 Å². The number of hydrogen-bond acceptors (Lipinski definition) is 3. The summed E-state index contributed by atoms with van der Waals surface area (Å²) in [6, 6.07) is 10.3. The highest BCUT2D eigenvalue weighted by molar-refractivity contribution is 9.10. The first kappa shape index (κ1) is 19.7. The molecule has 0 unspecified atom stereocenters. The molecule has 0 spiro atoms. The topological polar surface area (TPSA) is 83.8 Å². The van der Waals surface area contributed by atoms with Gasteiger partial charge in [-0.25, -0.2) is 4.79 Å². The maximum absolute atomic E-state index is 13.8. The van der Waals surface area contributed by atoms with Gasteiger partial charge in [-0.15, -0.1) is 0 Å². The summed E-state index contributed by atoms with van der Waals surface area (Å²) >= 11 is 2.93. The van der Waals surface area contributed by atoms with E-state index in [1.165, 1.54) is 19.2 Å². The SMILES string of the molecule is COC(=O)c1ccccc1Cc1ccc(C(F)(F)P(=O)(O)O)c(Br)c1. The van der Waals surface area contributed by atoms with Crippen molar-refractivity contribution in [1.82, 2.24) is 0 Å². The van der Waals surface area contributed by atoms with E-state index in [-0.39, 0.29) is 10.9 Å². The third-order valence-electron chi connectivity index (χ3n) is 3.54. The molecule has 0 heterocycles. The molecule has 134 valence electrons. The Morgan fingerprint density at radius 1 is 1.24 bits per heavy atom. The summed E-state index contributed by atoms with van der Waals surface area (Å²) in [6.07, 6.45) is 0.256. The van der Waals surface area contributed by atoms with Crippen molar-refractivity contribution in [1.29, 1.82) is 0 Å². The number of benzene rings is 2. The van der Waals surface area contributed by atoms with Gasteiger partial charge in [0.15, 0.2) is 0 Å². The van der Waals surface area contributed by atoms with Crippen LogP contribution in [0.2, 0.25) is 0 Å². The number of carbonyl (C=O) groups excluding carboxylic acids is 1. The first-order valence-corrected chi connectivity index (χ1v) is 9.37. The smallest absolute Gasteiger partial charge is 0.399 e. The Morgan fingerprint density at radius 3 is 2.44 bits per heavy atom. The van der Waals surface area contributed by atoms with E-state index in [0.717, 1.165) is 6.07 Å². The van der Waals surface area contributed by atoms with Gasteiger partial charge >= 0.3 is 19.2 Å². The molecule has 25 heavy (non-hydrogen) atoms. The molecule has 0 amide bonds. The Bertz CT molecular complexity index is 850. The van der Waals surface area contributed by atoms with Crippen LogP contribution in [-0.4, -0.2) is 22.9 Å². The molecular formula is C16H14BrF2O5P. The molecular weight excluding hydrogens is 421 g/mol. The van der Waals surface area contributed by atoms with Gasteiger partial charge in [0.1, 0.15) is 0 Å². The van der Waals surface area contributed by atoms with Crippen molar-refractivity contribution < 1.29 is 32.7 Å². The zero-order valence-corrected chi connectivity index (χ0v) is 15.4. The van der Waals surface area contributed by atoms with Crippen LogP contribution in [0.5, 0.6) is 0 Å². The molecule has 0 fully saturated rings. The number of esters is 1. The number of alkyl halides is 2. The lowest BCUT2D eigenvalue weighted by atomic mass is 9.99. The van der Waals surface area contributed by atoms with E-state index >= 15 is 0 Å². The van der Waals surface area contributed by atoms with Gasteiger partial charge < -0.3 is 14.5 Å². The molecule has 2 aromatic carbocycles. The van der Waals surface area contributed by atoms with E-state index in [2.05, 4.69) is 15.9 Å². The maximum atomic E-state index is 13.8. The molecule has 2 aromatic rings. The first-order chi connectivity index (χ1) is 11.6. The van der Waals surface area contributed by atoms with Crippen LogP contribution in [0.3, 0.4) is 0 Å². The van der Waals surface area contributed by atoms with E-state index in [1.54, 1.807) is 24.3 Å². The minimum absolute atomic E-state index is 0.131. The fourth-order valence-corrected chi connectivity index (χ4v) is 3.61. The van der Waals surface area contributed by atoms with Crippen molar-refractivity contribution in [2.24, 2.45) is 0 Å². The molecule has 0 bridgehead atoms. The molecule has 0 radical (unpaired) electrons. The van der Waals surface area contributed by atoms with E-state index in [0.29, 0.717) is 16.7 Å². The molecule has 0 aromatic heterocycles. The highest BCUT2D eigenvalue weighted by Gasteiger charge is 2.51. The predicted octanol–water partition coefficient (Wildman–Crippen LogP) is 4.05. The van der Waals surface area contributed by atoms with E-state index in [1.807, 2.05) is 0 Å². The summed E-state index contributed by atoms with van der Waals surface area (Å²) in [7, 11) is -4.39. The zero-order chi connectivity index (χ0) is 18.8. The second kappa shape index (κ2) is 7.33. The van der Waals surface area contributed by atoms with Crippen LogP contribution >= 0.6 is 23.5 Å². The van der Waals surface area contributed by atoms with Gasteiger partial charge in [-0.3, -0.25) is 4.57 Å². The first-order valence-electron chi connectivity index (χ1n) is 6.96. The highest BCUT2D eigenvalue weighted by Crippen LogP contribution is 2.60. The van der Waals surface area contributed by atoms with Crippen LogP contribution in [0.25, 0.3) is 0 Å². The maximum Gasteiger partial charge on any atom is 0.399 e. The predicted molar refractivity (Wildman–Crippen MR) is 90.7 cm³/mol. The standard InChI is InChI=1S/C16H14BrF2O5P/c1-24-15(20)12-5-3-2-4-11(12)8-10-6-7-13(14(17)9-10)16(18,19)25(21,22)23/h2-7,9H,8H2,1H3,(H2,21,22,23). The van der Waals surface area contributed by atoms with Gasteiger partial charge in [-0.1, -0.05) is 46.3 Å². The monoisotopic (exact) mass is 434 g/mol. The molecule has 0 atom stereocenters. The van der Waals surface area contributed by atoms with Crippen LogP contribution in [0.4, 0.5) is 8.78 Å². The Balaban J connectivity index is 2.38. The number of rotatable bonds is 5. The normalized spacial score (nSPS) is 12.1. The van der Waals surface area contributed by atoms with Crippen molar-refractivity contribution >= 4 is 29.5 Å². The van der Waals surface area contributed by atoms with Crippen LogP contribution < -0.4 is 0 Å². The molecule has 2 rings (SSSR count). The van der Waals surface area contributed by atoms with Gasteiger partial charge in [0.2, 0.25) is 0 Å². The number of carbonyl (C=O) groups is 1. The van der Waals surface area contributed by atoms with Crippen LogP contribution in [0.15, 0.2) is 46.9 Å². The van der Waals surface area contributed by atoms with E-state index in [4.69, 9.17) is 14.5 Å². The van der Waals surface area contributed by atoms with Gasteiger partial charge in [0.25, 0.3) is 0 Å². The van der Waals surface area contributed by atoms with Crippen molar-refractivity contribution in [3.8, 4) is 0 Å². The number of hydrogen-bond donors (Lipinski definition) is 2. The quantitative estimate of drug-likeness (QED) is 0.547. The van der Waals surface area contributed by atoms with Crippen LogP contribution in [-0.2, 0) is 21.4 Å². The Hall–Kier alpha value is -1.60. The number of halogens is 3. The summed E-state index contributed by atoms with van der Waals surface area (Å²) in [4.78, 5) is 29.5. The van der Waals surface area contributed by atoms with Crippen molar-refractivity contribution in [3.05, 3.63) is 69.2 Å². The summed E-state index contributed by atoms with van der Waals surface area (Å²) in [6.45, 7) is 0. The van der Waals surface area contributed by atoms with Crippen LogP contribution in [0.1, 0.15) is 27.0 Å². The second-order valence-electron chi connectivity index (χ2n) is 5.22. The van der Waals surface area contributed by atoms with Gasteiger partial charge in [0.05, 0.1) is 12.7 Å². The lowest BCUT2D eigenvalue weighted by Gasteiger charge is -2.19. The largest absolute Gasteiger partial charge is 0.465 e. The molecule has 0 saturated carbocycles. The molecule has 0 saturated heterocycles. The minimum Gasteiger partial charge on any atom is -0.465 e. The lowest BCUT2D eigenvalue weighted by Crippen LogP contribution is -2.14. The molecule has 5 nitrogen and oxygen atoms in total. The summed E-state index contributed by atoms with van der Waals surface area (Å²) in [5.74, 6) is -0.515. The molecule has 9 heteroatoms. The molecule has 0 aliphatic carbocycles. The summed E-state index contributed by atoms with van der Waals surface area (Å²) in [5, 5.41) is 0. The average Bonchev–Trinajstić information content (AvgIpc) is 2.53. The Kier molecular flexibility index (Phi) is 5.79. The van der Waals surface area contributed by atoms with Gasteiger partial charge in [0, 0.05) is 10.0 Å². The lowest BCUT2D eigenvalue weighted by molar-refractivity contribution is 0.0557. The Labute approximate surface area is 150 Å². The third kappa shape index (κ3) is 4.15. The van der Waals surface area contributed by atoms with Gasteiger partial charge in [-0.2, -0.15) is 8.78 Å². The Morgan fingerprint density at radius 2 is 1.88 bits per heavy atom. The minimum atomic E-state index is -5.65. The summed E-state index contributed by atoms with van der Waals surface area (Å²) in [5.41, 5.74) is -3.53. The fourth-order valence-electron chi connectivity index (χ4n) is 2.27.